The summed E-state index contributed by atoms with van der Waals surface area (Å²) in [6, 6.07) is 53.2. The molecule has 0 unspecified atom stereocenters. The van der Waals surface area contributed by atoms with Gasteiger partial charge in [0.05, 0.1) is 44.1 Å². The van der Waals surface area contributed by atoms with Crippen LogP contribution in [0.5, 0.6) is 17.2 Å². The Morgan fingerprint density at radius 3 is 1.12 bits per heavy atom. The van der Waals surface area contributed by atoms with E-state index < -0.39 is 0 Å². The zero-order valence-corrected chi connectivity index (χ0v) is 35.4. The summed E-state index contributed by atoms with van der Waals surface area (Å²) in [7, 11) is 5.07. The van der Waals surface area contributed by atoms with Gasteiger partial charge in [-0.3, -0.25) is 0 Å². The minimum atomic E-state index is 0.782. The van der Waals surface area contributed by atoms with Gasteiger partial charge in [-0.05, 0) is 140 Å². The number of nitrogens with one attached hydrogen (secondary N) is 2. The van der Waals surface area contributed by atoms with Gasteiger partial charge in [-0.15, -0.1) is 0 Å². The molecule has 2 N–H and O–H groups in total. The molecule has 12 rings (SSSR count). The fourth-order valence-corrected chi connectivity index (χ4v) is 9.63. The van der Waals surface area contributed by atoms with Gasteiger partial charge in [0.25, 0.3) is 0 Å². The van der Waals surface area contributed by atoms with Crippen LogP contribution in [0.15, 0.2) is 152 Å². The SMILES string of the molecule is COc1ccc(-c2c3nc(c(-c4ccc(OC)cc4)c4ccc([nH]4)c(-c4ccc5ccc6cccc7ccc4c5c67)c4nc(c(-c5ccc(OC)cc5)c5ccc2[nH]5)C=C4)C=C3)cc1. The summed E-state index contributed by atoms with van der Waals surface area (Å²) in [6.45, 7) is 0. The Balaban J connectivity index is 1.24. The average molecular weight is 829 g/mol. The molecule has 5 heterocycles. The Morgan fingerprint density at radius 2 is 0.703 bits per heavy atom. The lowest BCUT2D eigenvalue weighted by molar-refractivity contribution is 0.415. The van der Waals surface area contributed by atoms with Crippen molar-refractivity contribution in [1.82, 2.24) is 19.9 Å². The van der Waals surface area contributed by atoms with Crippen molar-refractivity contribution in [2.24, 2.45) is 0 Å². The molecule has 10 aromatic rings. The summed E-state index contributed by atoms with van der Waals surface area (Å²) >= 11 is 0. The number of aromatic nitrogens is 4. The van der Waals surface area contributed by atoms with E-state index in [9.17, 15) is 0 Å². The first-order valence-corrected chi connectivity index (χ1v) is 21.3. The van der Waals surface area contributed by atoms with E-state index in [1.165, 1.54) is 32.3 Å². The van der Waals surface area contributed by atoms with E-state index in [0.717, 1.165) is 107 Å². The smallest absolute Gasteiger partial charge is 0.118 e. The number of H-pyrrole nitrogens is 2. The van der Waals surface area contributed by atoms with Crippen LogP contribution in [0.2, 0.25) is 0 Å². The normalized spacial score (nSPS) is 12.2. The molecule has 0 saturated heterocycles. The monoisotopic (exact) mass is 828 g/mol. The second kappa shape index (κ2) is 14.9. The van der Waals surface area contributed by atoms with Gasteiger partial charge in [0.15, 0.2) is 0 Å². The Morgan fingerprint density at radius 1 is 0.344 bits per heavy atom. The molecule has 0 amide bonds. The van der Waals surface area contributed by atoms with Crippen molar-refractivity contribution in [3.63, 3.8) is 0 Å². The molecule has 2 aliphatic heterocycles. The number of rotatable bonds is 7. The van der Waals surface area contributed by atoms with Crippen LogP contribution in [-0.2, 0) is 0 Å². The number of methoxy groups -OCH3 is 3. The van der Waals surface area contributed by atoms with Crippen molar-refractivity contribution in [1.29, 1.82) is 0 Å². The van der Waals surface area contributed by atoms with Gasteiger partial charge in [0, 0.05) is 44.3 Å². The number of fused-ring (bicyclic) bond motifs is 8. The molecule has 2 aliphatic rings. The number of ether oxygens (including phenoxy) is 3. The standard InChI is InChI=1S/C57H40N4O3/c1-62-39-17-9-36(10-18-39)54-44-25-27-46(58-44)55(37-11-19-40(63-2)20-12-37)48-29-31-50(60-48)57(43-24-16-35-8-7-33-5-4-6-34-15-23-42(43)53(35)52(33)34)51-32-30-49(61-51)56(47-28-26-45(54)59-47)38-13-21-41(64-3)22-14-38/h4-32,58,61H,1-3H3. The maximum atomic E-state index is 5.60. The molecule has 3 aromatic heterocycles. The highest BCUT2D eigenvalue weighted by atomic mass is 16.5. The Hall–Kier alpha value is -8.42. The average Bonchev–Trinajstić information content (AvgIpc) is 4.20. The van der Waals surface area contributed by atoms with Gasteiger partial charge in [0.2, 0.25) is 0 Å². The molecule has 0 spiro atoms. The van der Waals surface area contributed by atoms with E-state index in [-0.39, 0.29) is 0 Å². The van der Waals surface area contributed by atoms with Gasteiger partial charge in [-0.25, -0.2) is 9.97 Å². The summed E-state index contributed by atoms with van der Waals surface area (Å²) in [5.74, 6) is 2.35. The maximum absolute atomic E-state index is 5.60. The highest BCUT2D eigenvalue weighted by molar-refractivity contribution is 6.26. The molecular formula is C57H40N4O3. The first-order valence-electron chi connectivity index (χ1n) is 21.3. The number of hydrogen-bond acceptors (Lipinski definition) is 5. The second-order valence-corrected chi connectivity index (χ2v) is 16.2. The van der Waals surface area contributed by atoms with E-state index in [1.54, 1.807) is 21.3 Å². The topological polar surface area (TPSA) is 85.1 Å². The molecule has 7 heteroatoms. The summed E-state index contributed by atoms with van der Waals surface area (Å²) in [5.41, 5.74) is 15.1. The molecule has 0 fully saturated rings. The van der Waals surface area contributed by atoms with Gasteiger partial charge in [0.1, 0.15) is 17.2 Å². The van der Waals surface area contributed by atoms with Crippen molar-refractivity contribution in [3.05, 3.63) is 174 Å². The second-order valence-electron chi connectivity index (χ2n) is 16.2. The molecule has 64 heavy (non-hydrogen) atoms. The fourth-order valence-electron chi connectivity index (χ4n) is 9.63. The molecular weight excluding hydrogens is 789 g/mol. The van der Waals surface area contributed by atoms with E-state index in [4.69, 9.17) is 24.2 Å². The summed E-state index contributed by atoms with van der Waals surface area (Å²) < 4.78 is 16.8. The van der Waals surface area contributed by atoms with Crippen LogP contribution in [0, 0.1) is 0 Å². The van der Waals surface area contributed by atoms with Gasteiger partial charge >= 0.3 is 0 Å². The van der Waals surface area contributed by atoms with Gasteiger partial charge in [-0.2, -0.15) is 0 Å². The van der Waals surface area contributed by atoms with Crippen LogP contribution < -0.4 is 14.2 Å². The third kappa shape index (κ3) is 6.04. The lowest BCUT2D eigenvalue weighted by Gasteiger charge is -2.15. The Kier molecular flexibility index (Phi) is 8.69. The van der Waals surface area contributed by atoms with Crippen LogP contribution in [0.1, 0.15) is 22.8 Å². The van der Waals surface area contributed by atoms with Crippen molar-refractivity contribution < 1.29 is 14.2 Å². The highest BCUT2D eigenvalue weighted by Gasteiger charge is 2.21. The number of nitrogens with zero attached hydrogens (tertiary/aromatic N) is 2. The molecule has 0 atom stereocenters. The quantitative estimate of drug-likeness (QED) is 0.156. The minimum Gasteiger partial charge on any atom is -0.497 e. The molecule has 8 bridgehead atoms. The molecule has 306 valence electrons. The van der Waals surface area contributed by atoms with Gasteiger partial charge in [-0.1, -0.05) is 91.0 Å². The Bertz CT molecular complexity index is 3650. The lowest BCUT2D eigenvalue weighted by atomic mass is 9.89. The molecule has 7 aromatic carbocycles. The largest absolute Gasteiger partial charge is 0.497 e. The van der Waals surface area contributed by atoms with Crippen LogP contribution in [0.4, 0.5) is 0 Å². The number of aromatic amines is 2. The van der Waals surface area contributed by atoms with Crippen LogP contribution in [-0.4, -0.2) is 41.3 Å². The predicted octanol–water partition coefficient (Wildman–Crippen LogP) is 14.2. The van der Waals surface area contributed by atoms with Crippen molar-refractivity contribution in [3.8, 4) is 61.8 Å². The molecule has 0 radical (unpaired) electrons. The first kappa shape index (κ1) is 37.4. The predicted molar refractivity (Wildman–Crippen MR) is 264 cm³/mol. The lowest BCUT2D eigenvalue weighted by Crippen LogP contribution is -1.91. The highest BCUT2D eigenvalue weighted by Crippen LogP contribution is 2.43. The van der Waals surface area contributed by atoms with E-state index in [1.807, 2.05) is 36.4 Å². The number of hydrogen-bond donors (Lipinski definition) is 2. The van der Waals surface area contributed by atoms with Crippen molar-refractivity contribution in [2.45, 2.75) is 0 Å². The summed E-state index contributed by atoms with van der Waals surface area (Å²) in [5, 5.41) is 7.35. The molecule has 0 saturated carbocycles. The number of benzene rings is 7. The van der Waals surface area contributed by atoms with Crippen LogP contribution in [0.3, 0.4) is 0 Å². The van der Waals surface area contributed by atoms with E-state index in [2.05, 4.69) is 150 Å². The molecule has 7 nitrogen and oxygen atoms in total. The van der Waals surface area contributed by atoms with Crippen LogP contribution in [0.25, 0.3) is 123 Å². The van der Waals surface area contributed by atoms with Crippen LogP contribution >= 0.6 is 0 Å². The zero-order valence-electron chi connectivity index (χ0n) is 35.4. The zero-order chi connectivity index (χ0) is 42.9. The van der Waals surface area contributed by atoms with Crippen molar-refractivity contribution in [2.75, 3.05) is 21.3 Å². The van der Waals surface area contributed by atoms with E-state index >= 15 is 0 Å². The summed E-state index contributed by atoms with van der Waals surface area (Å²) in [6.07, 6.45) is 8.52. The van der Waals surface area contributed by atoms with E-state index in [0.29, 0.717) is 0 Å². The maximum Gasteiger partial charge on any atom is 0.118 e. The molecule has 0 aliphatic carbocycles. The first-order chi connectivity index (χ1) is 31.5. The fraction of sp³-hybridized carbons (Fsp3) is 0.0526. The Labute approximate surface area is 368 Å². The summed E-state index contributed by atoms with van der Waals surface area (Å²) in [4.78, 5) is 18.8. The van der Waals surface area contributed by atoms with Crippen molar-refractivity contribution >= 4 is 78.7 Å². The third-order valence-electron chi connectivity index (χ3n) is 12.7. The third-order valence-corrected chi connectivity index (χ3v) is 12.7. The minimum absolute atomic E-state index is 0.782. The van der Waals surface area contributed by atoms with Gasteiger partial charge < -0.3 is 24.2 Å².